The highest BCUT2D eigenvalue weighted by molar-refractivity contribution is 6.06. The highest BCUT2D eigenvalue weighted by Crippen LogP contribution is 2.40. The molecule has 5 heteroatoms. The Balaban J connectivity index is 1.88. The van der Waals surface area contributed by atoms with Gasteiger partial charge in [0.1, 0.15) is 6.67 Å². The molecule has 1 heterocycles. The number of nitrogens with zero attached hydrogens (tertiary/aromatic N) is 2. The minimum atomic E-state index is -0.205. The molecular weight excluding hydrogens is 316 g/mol. The molecule has 0 N–H and O–H groups in total. The second-order valence-electron chi connectivity index (χ2n) is 7.61. The van der Waals surface area contributed by atoms with E-state index in [4.69, 9.17) is 0 Å². The summed E-state index contributed by atoms with van der Waals surface area (Å²) < 4.78 is 0. The van der Waals surface area contributed by atoms with Crippen LogP contribution in [0.3, 0.4) is 0 Å². The zero-order valence-electron chi connectivity index (χ0n) is 15.4. The molecule has 1 saturated carbocycles. The van der Waals surface area contributed by atoms with Crippen LogP contribution in [0.1, 0.15) is 44.2 Å². The Bertz CT molecular complexity index is 728. The maximum Gasteiger partial charge on any atom is 0.234 e. The Morgan fingerprint density at radius 2 is 1.84 bits per heavy atom. The number of hydrogen-bond donors (Lipinski definition) is 0. The first-order valence-corrected chi connectivity index (χ1v) is 9.00. The predicted octanol–water partition coefficient (Wildman–Crippen LogP) is 3.04. The lowest BCUT2D eigenvalue weighted by Gasteiger charge is -2.28. The number of carbonyl (C=O) groups excluding carboxylic acids is 3. The van der Waals surface area contributed by atoms with Crippen LogP contribution in [-0.4, -0.2) is 29.3 Å². The Kier molecular flexibility index (Phi) is 4.67. The number of rotatable bonds is 3. The molecule has 1 aromatic rings. The quantitative estimate of drug-likeness (QED) is 0.793. The van der Waals surface area contributed by atoms with Gasteiger partial charge in [0.05, 0.1) is 11.8 Å². The van der Waals surface area contributed by atoms with E-state index < -0.39 is 0 Å². The van der Waals surface area contributed by atoms with E-state index in [1.807, 2.05) is 32.0 Å². The SMILES string of the molecule is CC(=O)N(CN1C(=O)[C@H]2C[C@@H](C)CC[C@H]2C1=O)c1cc(C)ccc1C. The van der Waals surface area contributed by atoms with Gasteiger partial charge in [-0.2, -0.15) is 0 Å². The summed E-state index contributed by atoms with van der Waals surface area (Å²) in [5, 5.41) is 0. The first-order chi connectivity index (χ1) is 11.8. The number of fused-ring (bicyclic) bond motifs is 1. The zero-order valence-corrected chi connectivity index (χ0v) is 15.4. The summed E-state index contributed by atoms with van der Waals surface area (Å²) in [5.74, 6) is -0.324. The van der Waals surface area contributed by atoms with Gasteiger partial charge in [-0.05, 0) is 56.2 Å². The minimum Gasteiger partial charge on any atom is -0.294 e. The van der Waals surface area contributed by atoms with Crippen molar-refractivity contribution in [2.45, 2.75) is 47.0 Å². The van der Waals surface area contributed by atoms with Crippen molar-refractivity contribution < 1.29 is 14.4 Å². The van der Waals surface area contributed by atoms with Gasteiger partial charge in [0.25, 0.3) is 0 Å². The number of hydrogen-bond acceptors (Lipinski definition) is 3. The molecule has 2 fully saturated rings. The molecule has 1 aliphatic heterocycles. The van der Waals surface area contributed by atoms with E-state index >= 15 is 0 Å². The van der Waals surface area contributed by atoms with Crippen molar-refractivity contribution in [3.8, 4) is 0 Å². The highest BCUT2D eigenvalue weighted by Gasteiger charge is 2.49. The standard InChI is InChI=1S/C20H26N2O3/c1-12-6-8-16-17(9-12)20(25)22(19(16)24)11-21(15(4)23)18-10-13(2)5-7-14(18)3/h5,7,10,12,16-17H,6,8-9,11H2,1-4H3/t12-,16+,17-/m0/s1. The van der Waals surface area contributed by atoms with Crippen LogP contribution in [0.5, 0.6) is 0 Å². The minimum absolute atomic E-state index is 0.0126. The molecule has 1 saturated heterocycles. The monoisotopic (exact) mass is 342 g/mol. The van der Waals surface area contributed by atoms with E-state index in [0.717, 1.165) is 36.1 Å². The van der Waals surface area contributed by atoms with Crippen molar-refractivity contribution in [3.63, 3.8) is 0 Å². The molecule has 1 aliphatic carbocycles. The largest absolute Gasteiger partial charge is 0.294 e. The summed E-state index contributed by atoms with van der Waals surface area (Å²) in [7, 11) is 0. The van der Waals surface area contributed by atoms with Crippen LogP contribution < -0.4 is 4.90 Å². The number of imide groups is 1. The summed E-state index contributed by atoms with van der Waals surface area (Å²) in [6, 6.07) is 5.87. The molecular formula is C20H26N2O3. The van der Waals surface area contributed by atoms with E-state index in [2.05, 4.69) is 6.92 Å². The lowest BCUT2D eigenvalue weighted by molar-refractivity contribution is -0.140. The highest BCUT2D eigenvalue weighted by atomic mass is 16.2. The van der Waals surface area contributed by atoms with Crippen molar-refractivity contribution in [3.05, 3.63) is 29.3 Å². The number of aryl methyl sites for hydroxylation is 2. The maximum absolute atomic E-state index is 12.8. The molecule has 134 valence electrons. The van der Waals surface area contributed by atoms with Crippen LogP contribution in [0, 0.1) is 31.6 Å². The van der Waals surface area contributed by atoms with Crippen molar-refractivity contribution in [2.75, 3.05) is 11.6 Å². The summed E-state index contributed by atoms with van der Waals surface area (Å²) in [6.07, 6.45) is 2.53. The Labute approximate surface area is 149 Å². The van der Waals surface area contributed by atoms with Crippen LogP contribution in [0.2, 0.25) is 0 Å². The Hall–Kier alpha value is -2.17. The summed E-state index contributed by atoms with van der Waals surface area (Å²) in [5.41, 5.74) is 2.75. The molecule has 5 nitrogen and oxygen atoms in total. The Morgan fingerprint density at radius 1 is 1.16 bits per heavy atom. The van der Waals surface area contributed by atoms with Gasteiger partial charge in [0.2, 0.25) is 17.7 Å². The predicted molar refractivity (Wildman–Crippen MR) is 95.8 cm³/mol. The number of carbonyl (C=O) groups is 3. The molecule has 0 radical (unpaired) electrons. The van der Waals surface area contributed by atoms with Crippen LogP contribution in [0.15, 0.2) is 18.2 Å². The van der Waals surface area contributed by atoms with Crippen molar-refractivity contribution in [1.82, 2.24) is 4.90 Å². The molecule has 2 aliphatic rings. The number of likely N-dealkylation sites (tertiary alicyclic amines) is 1. The lowest BCUT2D eigenvalue weighted by Crippen LogP contribution is -2.44. The normalized spacial score (nSPS) is 25.9. The summed E-state index contributed by atoms with van der Waals surface area (Å²) in [4.78, 5) is 40.7. The van der Waals surface area contributed by atoms with Crippen LogP contribution in [-0.2, 0) is 14.4 Å². The third-order valence-electron chi connectivity index (χ3n) is 5.60. The van der Waals surface area contributed by atoms with Crippen molar-refractivity contribution in [1.29, 1.82) is 0 Å². The van der Waals surface area contributed by atoms with Gasteiger partial charge < -0.3 is 0 Å². The molecule has 3 amide bonds. The second kappa shape index (κ2) is 6.62. The van der Waals surface area contributed by atoms with Gasteiger partial charge in [-0.3, -0.25) is 24.2 Å². The van der Waals surface area contributed by atoms with E-state index in [0.29, 0.717) is 5.92 Å². The van der Waals surface area contributed by atoms with Gasteiger partial charge >= 0.3 is 0 Å². The molecule has 0 aromatic heterocycles. The zero-order chi connectivity index (χ0) is 18.3. The molecule has 3 atom stereocenters. The van der Waals surface area contributed by atoms with Gasteiger partial charge in [0.15, 0.2) is 0 Å². The average Bonchev–Trinajstić information content (AvgIpc) is 2.78. The molecule has 0 spiro atoms. The average molecular weight is 342 g/mol. The van der Waals surface area contributed by atoms with Gasteiger partial charge in [-0.25, -0.2) is 0 Å². The number of amides is 3. The van der Waals surface area contributed by atoms with Crippen LogP contribution in [0.25, 0.3) is 0 Å². The third kappa shape index (κ3) is 3.20. The number of anilines is 1. The number of benzene rings is 1. The topological polar surface area (TPSA) is 57.7 Å². The fourth-order valence-corrected chi connectivity index (χ4v) is 4.09. The molecule has 0 bridgehead atoms. The molecule has 0 unspecified atom stereocenters. The first kappa shape index (κ1) is 17.6. The van der Waals surface area contributed by atoms with Gasteiger partial charge in [-0.15, -0.1) is 0 Å². The smallest absolute Gasteiger partial charge is 0.234 e. The van der Waals surface area contributed by atoms with Gasteiger partial charge in [-0.1, -0.05) is 19.1 Å². The molecule has 1 aromatic carbocycles. The molecule has 25 heavy (non-hydrogen) atoms. The summed E-state index contributed by atoms with van der Waals surface area (Å²) in [6.45, 7) is 7.51. The van der Waals surface area contributed by atoms with Gasteiger partial charge in [0, 0.05) is 12.6 Å². The fraction of sp³-hybridized carbons (Fsp3) is 0.550. The maximum atomic E-state index is 12.8. The summed E-state index contributed by atoms with van der Waals surface area (Å²) >= 11 is 0. The first-order valence-electron chi connectivity index (χ1n) is 9.00. The fourth-order valence-electron chi connectivity index (χ4n) is 4.09. The van der Waals surface area contributed by atoms with Crippen LogP contribution >= 0.6 is 0 Å². The van der Waals surface area contributed by atoms with E-state index in [1.165, 1.54) is 11.8 Å². The lowest BCUT2D eigenvalue weighted by atomic mass is 9.76. The van der Waals surface area contributed by atoms with Crippen molar-refractivity contribution in [2.24, 2.45) is 17.8 Å². The molecule has 3 rings (SSSR count). The third-order valence-corrected chi connectivity index (χ3v) is 5.60. The Morgan fingerprint density at radius 3 is 2.52 bits per heavy atom. The second-order valence-corrected chi connectivity index (χ2v) is 7.61. The van der Waals surface area contributed by atoms with E-state index in [-0.39, 0.29) is 36.2 Å². The van der Waals surface area contributed by atoms with E-state index in [1.54, 1.807) is 4.90 Å². The van der Waals surface area contributed by atoms with Crippen LogP contribution in [0.4, 0.5) is 5.69 Å². The van der Waals surface area contributed by atoms with E-state index in [9.17, 15) is 14.4 Å². The van der Waals surface area contributed by atoms with Crippen molar-refractivity contribution >= 4 is 23.4 Å².